The van der Waals surface area contributed by atoms with Gasteiger partial charge in [0.2, 0.25) is 0 Å². The van der Waals surface area contributed by atoms with Crippen LogP contribution in [0.5, 0.6) is 0 Å². The van der Waals surface area contributed by atoms with Gasteiger partial charge in [0.05, 0.1) is 0 Å². The molecule has 19 heavy (non-hydrogen) atoms. The van der Waals surface area contributed by atoms with Gasteiger partial charge >= 0.3 is 0 Å². The number of nitrogens with zero attached hydrogens (tertiary/aromatic N) is 3. The highest BCUT2D eigenvalue weighted by Crippen LogP contribution is 2.26. The van der Waals surface area contributed by atoms with E-state index >= 15 is 0 Å². The van der Waals surface area contributed by atoms with Crippen LogP contribution in [0.2, 0.25) is 0 Å². The van der Waals surface area contributed by atoms with Crippen LogP contribution >= 0.6 is 11.8 Å². The Balaban J connectivity index is 2.26. The lowest BCUT2D eigenvalue weighted by atomic mass is 10.2. The van der Waals surface area contributed by atoms with Crippen LogP contribution < -0.4 is 10.2 Å². The van der Waals surface area contributed by atoms with Crippen molar-refractivity contribution in [1.29, 1.82) is 0 Å². The Labute approximate surface area is 120 Å². The molecule has 106 valence electrons. The molecule has 1 atom stereocenters. The van der Waals surface area contributed by atoms with E-state index < -0.39 is 0 Å². The van der Waals surface area contributed by atoms with Crippen LogP contribution in [0, 0.1) is 0 Å². The minimum atomic E-state index is 0.351. The maximum absolute atomic E-state index is 4.73. The van der Waals surface area contributed by atoms with Crippen LogP contribution in [0.15, 0.2) is 6.07 Å². The van der Waals surface area contributed by atoms with E-state index in [-0.39, 0.29) is 0 Å². The van der Waals surface area contributed by atoms with E-state index in [1.54, 1.807) is 0 Å². The van der Waals surface area contributed by atoms with Gasteiger partial charge in [-0.05, 0) is 19.1 Å². The molecule has 0 radical (unpaired) electrons. The maximum Gasteiger partial charge on any atom is 0.135 e. The second-order valence-electron chi connectivity index (χ2n) is 5.28. The molecule has 2 rings (SSSR count). The normalized spacial score (nSPS) is 18.9. The SMILES string of the molecule is CCNc1cc(N(C)C2CCSC2)nc(C(C)C)n1. The molecular weight excluding hydrogens is 256 g/mol. The zero-order valence-corrected chi connectivity index (χ0v) is 13.1. The minimum Gasteiger partial charge on any atom is -0.370 e. The molecule has 1 saturated heterocycles. The molecule has 1 aromatic rings. The molecule has 0 bridgehead atoms. The number of aromatic nitrogens is 2. The van der Waals surface area contributed by atoms with Crippen LogP contribution in [-0.4, -0.2) is 41.1 Å². The molecular formula is C14H24N4S. The van der Waals surface area contributed by atoms with Crippen molar-refractivity contribution in [2.75, 3.05) is 35.3 Å². The summed E-state index contributed by atoms with van der Waals surface area (Å²) in [5.74, 6) is 5.72. The van der Waals surface area contributed by atoms with Gasteiger partial charge < -0.3 is 10.2 Å². The highest BCUT2D eigenvalue weighted by Gasteiger charge is 2.22. The number of hydrogen-bond acceptors (Lipinski definition) is 5. The Bertz CT molecular complexity index is 416. The van der Waals surface area contributed by atoms with Crippen molar-refractivity contribution < 1.29 is 0 Å². The molecule has 1 fully saturated rings. The summed E-state index contributed by atoms with van der Waals surface area (Å²) in [6.07, 6.45) is 1.25. The molecule has 1 aromatic heterocycles. The molecule has 2 heterocycles. The highest BCUT2D eigenvalue weighted by molar-refractivity contribution is 7.99. The average molecular weight is 280 g/mol. The van der Waals surface area contributed by atoms with Crippen molar-refractivity contribution in [3.63, 3.8) is 0 Å². The molecule has 1 aliphatic rings. The minimum absolute atomic E-state index is 0.351. The fourth-order valence-electron chi connectivity index (χ4n) is 2.18. The lowest BCUT2D eigenvalue weighted by Gasteiger charge is -2.26. The first-order valence-electron chi connectivity index (χ1n) is 7.05. The average Bonchev–Trinajstić information content (AvgIpc) is 2.91. The number of hydrogen-bond donors (Lipinski definition) is 1. The largest absolute Gasteiger partial charge is 0.370 e. The number of thioether (sulfide) groups is 1. The van der Waals surface area contributed by atoms with Crippen LogP contribution in [0.1, 0.15) is 38.9 Å². The van der Waals surface area contributed by atoms with E-state index in [1.165, 1.54) is 17.9 Å². The first-order chi connectivity index (χ1) is 9.11. The monoisotopic (exact) mass is 280 g/mol. The Morgan fingerprint density at radius 3 is 2.84 bits per heavy atom. The third kappa shape index (κ3) is 3.53. The third-order valence-electron chi connectivity index (χ3n) is 3.42. The van der Waals surface area contributed by atoms with Gasteiger partial charge in [-0.1, -0.05) is 13.8 Å². The van der Waals surface area contributed by atoms with Gasteiger partial charge in [0.1, 0.15) is 17.5 Å². The summed E-state index contributed by atoms with van der Waals surface area (Å²) in [5.41, 5.74) is 0. The second kappa shape index (κ2) is 6.46. The molecule has 1 N–H and O–H groups in total. The van der Waals surface area contributed by atoms with Gasteiger partial charge in [-0.3, -0.25) is 0 Å². The zero-order chi connectivity index (χ0) is 13.8. The molecule has 0 amide bonds. The van der Waals surface area contributed by atoms with Crippen LogP contribution in [0.4, 0.5) is 11.6 Å². The summed E-state index contributed by atoms with van der Waals surface area (Å²) in [5, 5.41) is 3.31. The van der Waals surface area contributed by atoms with Gasteiger partial charge in [0.25, 0.3) is 0 Å². The quantitative estimate of drug-likeness (QED) is 0.898. The fourth-order valence-corrected chi connectivity index (χ4v) is 3.45. The second-order valence-corrected chi connectivity index (χ2v) is 6.43. The van der Waals surface area contributed by atoms with Crippen molar-refractivity contribution in [1.82, 2.24) is 9.97 Å². The lowest BCUT2D eigenvalue weighted by Crippen LogP contribution is -2.32. The molecule has 4 nitrogen and oxygen atoms in total. The van der Waals surface area contributed by atoms with Crippen LogP contribution in [0.3, 0.4) is 0 Å². The van der Waals surface area contributed by atoms with Gasteiger partial charge in [-0.25, -0.2) is 9.97 Å². The Morgan fingerprint density at radius 1 is 1.47 bits per heavy atom. The van der Waals surface area contributed by atoms with Crippen LogP contribution in [0.25, 0.3) is 0 Å². The van der Waals surface area contributed by atoms with Crippen molar-refractivity contribution in [2.24, 2.45) is 0 Å². The van der Waals surface area contributed by atoms with E-state index in [9.17, 15) is 0 Å². The summed E-state index contributed by atoms with van der Waals surface area (Å²) >= 11 is 2.03. The first-order valence-corrected chi connectivity index (χ1v) is 8.20. The first kappa shape index (κ1) is 14.4. The summed E-state index contributed by atoms with van der Waals surface area (Å²) < 4.78 is 0. The van der Waals surface area contributed by atoms with E-state index in [0.29, 0.717) is 12.0 Å². The van der Waals surface area contributed by atoms with E-state index in [1.807, 2.05) is 11.8 Å². The van der Waals surface area contributed by atoms with E-state index in [0.717, 1.165) is 24.0 Å². The molecule has 5 heteroatoms. The van der Waals surface area contributed by atoms with Gasteiger partial charge in [0.15, 0.2) is 0 Å². The number of rotatable bonds is 5. The Hall–Kier alpha value is -0.970. The predicted molar refractivity (Wildman–Crippen MR) is 84.4 cm³/mol. The smallest absolute Gasteiger partial charge is 0.135 e. The fraction of sp³-hybridized carbons (Fsp3) is 0.714. The highest BCUT2D eigenvalue weighted by atomic mass is 32.2. The van der Waals surface area contributed by atoms with E-state index in [2.05, 4.69) is 49.1 Å². The summed E-state index contributed by atoms with van der Waals surface area (Å²) in [7, 11) is 2.15. The molecule has 0 aliphatic carbocycles. The Kier molecular flexibility index (Phi) is 4.91. The van der Waals surface area contributed by atoms with Crippen LogP contribution in [-0.2, 0) is 0 Å². The topological polar surface area (TPSA) is 41.0 Å². The van der Waals surface area contributed by atoms with Gasteiger partial charge in [-0.2, -0.15) is 11.8 Å². The molecule has 1 unspecified atom stereocenters. The van der Waals surface area contributed by atoms with Gasteiger partial charge in [0, 0.05) is 37.4 Å². The number of anilines is 2. The summed E-state index contributed by atoms with van der Waals surface area (Å²) in [6.45, 7) is 7.26. The lowest BCUT2D eigenvalue weighted by molar-refractivity contribution is 0.681. The van der Waals surface area contributed by atoms with Crippen molar-refractivity contribution in [2.45, 2.75) is 39.2 Å². The maximum atomic E-state index is 4.73. The predicted octanol–water partition coefficient (Wildman–Crippen LogP) is 2.97. The molecule has 1 aliphatic heterocycles. The summed E-state index contributed by atoms with van der Waals surface area (Å²) in [4.78, 5) is 11.6. The third-order valence-corrected chi connectivity index (χ3v) is 4.56. The van der Waals surface area contributed by atoms with Crippen molar-refractivity contribution in [3.05, 3.63) is 11.9 Å². The number of nitrogens with one attached hydrogen (secondary N) is 1. The molecule has 0 saturated carbocycles. The summed E-state index contributed by atoms with van der Waals surface area (Å²) in [6, 6.07) is 2.67. The standard InChI is InChI=1S/C14H24N4S/c1-5-15-12-8-13(17-14(16-12)10(2)3)18(4)11-6-7-19-9-11/h8,10-11H,5-7,9H2,1-4H3,(H,15,16,17). The molecule has 0 spiro atoms. The van der Waals surface area contributed by atoms with Gasteiger partial charge in [-0.15, -0.1) is 0 Å². The zero-order valence-electron chi connectivity index (χ0n) is 12.3. The van der Waals surface area contributed by atoms with E-state index in [4.69, 9.17) is 4.98 Å². The molecule has 0 aromatic carbocycles. The van der Waals surface area contributed by atoms with Crippen molar-refractivity contribution >= 4 is 23.4 Å². The Morgan fingerprint density at radius 2 is 2.26 bits per heavy atom. The van der Waals surface area contributed by atoms with Crippen molar-refractivity contribution in [3.8, 4) is 0 Å².